The van der Waals surface area contributed by atoms with Crippen molar-refractivity contribution in [1.82, 2.24) is 9.88 Å². The lowest BCUT2D eigenvalue weighted by atomic mass is 10.1. The van der Waals surface area contributed by atoms with E-state index in [2.05, 4.69) is 5.32 Å². The number of hydrogen-bond donors (Lipinski definition) is 2. The standard InChI is InChI=1S/C16H12N4O4/c1-19-10-5-8(3-2-7(10)4-11(19)21)20-12(22)6-9-13(14(20)17)16(24)18-15(9)23/h2-3,5-6H,4,17H2,1H3,(H,18,23,24). The number of likely N-dealkylation sites (N-methyl/N-ethyl adjacent to an activating group) is 1. The normalized spacial score (nSPS) is 15.5. The van der Waals surface area contributed by atoms with Crippen molar-refractivity contribution in [3.05, 3.63) is 51.3 Å². The quantitative estimate of drug-likeness (QED) is 0.706. The Kier molecular flexibility index (Phi) is 2.69. The molecule has 4 rings (SSSR count). The first-order valence-electron chi connectivity index (χ1n) is 7.19. The van der Waals surface area contributed by atoms with Gasteiger partial charge in [0.25, 0.3) is 17.4 Å². The van der Waals surface area contributed by atoms with Crippen LogP contribution in [0.15, 0.2) is 29.1 Å². The van der Waals surface area contributed by atoms with E-state index in [4.69, 9.17) is 5.73 Å². The molecule has 2 aromatic rings. The number of benzene rings is 1. The highest BCUT2D eigenvalue weighted by Gasteiger charge is 2.32. The van der Waals surface area contributed by atoms with Crippen molar-refractivity contribution in [3.8, 4) is 5.69 Å². The molecule has 24 heavy (non-hydrogen) atoms. The van der Waals surface area contributed by atoms with Crippen LogP contribution >= 0.6 is 0 Å². The number of nitrogen functional groups attached to an aromatic ring is 1. The van der Waals surface area contributed by atoms with Crippen molar-refractivity contribution in [2.75, 3.05) is 17.7 Å². The Morgan fingerprint density at radius 3 is 2.58 bits per heavy atom. The molecule has 8 heteroatoms. The SMILES string of the molecule is CN1C(=O)Cc2ccc(-n3c(N)c4c(cc3=O)C(=O)NC4=O)cc21. The van der Waals surface area contributed by atoms with Crippen LogP contribution in [0, 0.1) is 0 Å². The Balaban J connectivity index is 1.95. The lowest BCUT2D eigenvalue weighted by Crippen LogP contribution is -2.24. The molecule has 0 saturated carbocycles. The maximum absolute atomic E-state index is 12.4. The number of nitrogens with two attached hydrogens (primary N) is 1. The minimum Gasteiger partial charge on any atom is -0.384 e. The van der Waals surface area contributed by atoms with Gasteiger partial charge < -0.3 is 10.6 Å². The van der Waals surface area contributed by atoms with Crippen molar-refractivity contribution < 1.29 is 14.4 Å². The zero-order chi connectivity index (χ0) is 17.2. The molecule has 0 spiro atoms. The molecule has 0 saturated heterocycles. The third-order valence-electron chi connectivity index (χ3n) is 4.36. The minimum atomic E-state index is -0.634. The van der Waals surface area contributed by atoms with E-state index in [9.17, 15) is 19.2 Å². The van der Waals surface area contributed by atoms with E-state index in [1.54, 1.807) is 25.2 Å². The molecule has 0 fully saturated rings. The Bertz CT molecular complexity index is 1020. The van der Waals surface area contributed by atoms with Crippen LogP contribution in [0.25, 0.3) is 5.69 Å². The van der Waals surface area contributed by atoms with E-state index in [0.29, 0.717) is 17.8 Å². The molecule has 120 valence electrons. The fraction of sp³-hybridized carbons (Fsp3) is 0.125. The van der Waals surface area contributed by atoms with Gasteiger partial charge in [-0.05, 0) is 17.7 Å². The lowest BCUT2D eigenvalue weighted by molar-refractivity contribution is -0.117. The van der Waals surface area contributed by atoms with Crippen LogP contribution in [0.1, 0.15) is 26.3 Å². The topological polar surface area (TPSA) is 114 Å². The molecule has 0 radical (unpaired) electrons. The molecule has 0 atom stereocenters. The lowest BCUT2D eigenvalue weighted by Gasteiger charge is -2.15. The number of anilines is 2. The highest BCUT2D eigenvalue weighted by Crippen LogP contribution is 2.31. The fourth-order valence-corrected chi connectivity index (χ4v) is 3.11. The number of nitrogens with zero attached hydrogens (tertiary/aromatic N) is 2. The molecule has 0 bridgehead atoms. The number of carbonyl (C=O) groups is 3. The highest BCUT2D eigenvalue weighted by atomic mass is 16.2. The Morgan fingerprint density at radius 2 is 1.83 bits per heavy atom. The van der Waals surface area contributed by atoms with Crippen LogP contribution in [0.2, 0.25) is 0 Å². The third kappa shape index (κ3) is 1.73. The molecule has 1 aromatic carbocycles. The summed E-state index contributed by atoms with van der Waals surface area (Å²) in [5, 5.41) is 2.12. The summed E-state index contributed by atoms with van der Waals surface area (Å²) in [5.41, 5.74) is 7.40. The molecule has 0 unspecified atom stereocenters. The molecule has 2 aliphatic rings. The second-order valence-corrected chi connectivity index (χ2v) is 5.72. The first kappa shape index (κ1) is 14.2. The summed E-state index contributed by atoms with van der Waals surface area (Å²) in [6, 6.07) is 6.16. The molecule has 2 aliphatic heterocycles. The Morgan fingerprint density at radius 1 is 1.08 bits per heavy atom. The minimum absolute atomic E-state index is 0.00969. The van der Waals surface area contributed by atoms with E-state index in [0.717, 1.165) is 16.2 Å². The van der Waals surface area contributed by atoms with E-state index in [1.165, 1.54) is 4.90 Å². The maximum Gasteiger partial charge on any atom is 0.262 e. The molecule has 1 aromatic heterocycles. The van der Waals surface area contributed by atoms with Gasteiger partial charge in [-0.3, -0.25) is 29.1 Å². The van der Waals surface area contributed by atoms with Gasteiger partial charge in [0.05, 0.1) is 23.2 Å². The van der Waals surface area contributed by atoms with Crippen LogP contribution in [0.4, 0.5) is 11.5 Å². The van der Waals surface area contributed by atoms with Gasteiger partial charge in [0.15, 0.2) is 0 Å². The number of aromatic nitrogens is 1. The second-order valence-electron chi connectivity index (χ2n) is 5.72. The van der Waals surface area contributed by atoms with E-state index < -0.39 is 17.4 Å². The third-order valence-corrected chi connectivity index (χ3v) is 4.36. The molecule has 8 nitrogen and oxygen atoms in total. The van der Waals surface area contributed by atoms with Crippen LogP contribution < -0.4 is 21.5 Å². The zero-order valence-corrected chi connectivity index (χ0v) is 12.6. The van der Waals surface area contributed by atoms with Gasteiger partial charge in [-0.1, -0.05) is 6.07 Å². The highest BCUT2D eigenvalue weighted by molar-refractivity contribution is 6.23. The van der Waals surface area contributed by atoms with Gasteiger partial charge in [-0.15, -0.1) is 0 Å². The van der Waals surface area contributed by atoms with E-state index >= 15 is 0 Å². The average Bonchev–Trinajstić information content (AvgIpc) is 2.97. The maximum atomic E-state index is 12.4. The Labute approximate surface area is 135 Å². The van der Waals surface area contributed by atoms with E-state index in [-0.39, 0.29) is 22.9 Å². The average molecular weight is 324 g/mol. The van der Waals surface area contributed by atoms with Crippen molar-refractivity contribution in [3.63, 3.8) is 0 Å². The van der Waals surface area contributed by atoms with E-state index in [1.807, 2.05) is 0 Å². The number of fused-ring (bicyclic) bond motifs is 2. The predicted octanol–water partition coefficient (Wildman–Crippen LogP) is -0.178. The van der Waals surface area contributed by atoms with Gasteiger partial charge in [0.1, 0.15) is 5.82 Å². The number of pyridine rings is 1. The van der Waals surface area contributed by atoms with Crippen LogP contribution in [-0.2, 0) is 11.2 Å². The summed E-state index contributed by atoms with van der Waals surface area (Å²) in [7, 11) is 1.65. The summed E-state index contributed by atoms with van der Waals surface area (Å²) in [6.45, 7) is 0. The molecule has 0 aliphatic carbocycles. The number of amides is 3. The summed E-state index contributed by atoms with van der Waals surface area (Å²) < 4.78 is 1.16. The molecule has 3 amide bonds. The summed E-state index contributed by atoms with van der Waals surface area (Å²) >= 11 is 0. The van der Waals surface area contributed by atoms with Crippen molar-refractivity contribution in [2.24, 2.45) is 0 Å². The van der Waals surface area contributed by atoms with Gasteiger partial charge in [0, 0.05) is 18.8 Å². The number of rotatable bonds is 1. The predicted molar refractivity (Wildman–Crippen MR) is 85.4 cm³/mol. The number of nitrogens with one attached hydrogen (secondary N) is 1. The monoisotopic (exact) mass is 324 g/mol. The molecule has 3 N–H and O–H groups in total. The second kappa shape index (κ2) is 4.54. The molecular weight excluding hydrogens is 312 g/mol. The van der Waals surface area contributed by atoms with Crippen molar-refractivity contribution >= 4 is 29.2 Å². The largest absolute Gasteiger partial charge is 0.384 e. The molecular formula is C16H12N4O4. The van der Waals surface area contributed by atoms with Crippen LogP contribution in [0.3, 0.4) is 0 Å². The van der Waals surface area contributed by atoms with Gasteiger partial charge in [-0.2, -0.15) is 0 Å². The first-order valence-corrected chi connectivity index (χ1v) is 7.19. The molecule has 3 heterocycles. The summed E-state index contributed by atoms with van der Waals surface area (Å²) in [6.07, 6.45) is 0.303. The Hall–Kier alpha value is -3.42. The van der Waals surface area contributed by atoms with Crippen molar-refractivity contribution in [2.45, 2.75) is 6.42 Å². The van der Waals surface area contributed by atoms with Gasteiger partial charge in [-0.25, -0.2) is 0 Å². The number of imide groups is 1. The first-order chi connectivity index (χ1) is 11.4. The van der Waals surface area contributed by atoms with Crippen LogP contribution in [-0.4, -0.2) is 29.3 Å². The zero-order valence-electron chi connectivity index (χ0n) is 12.6. The van der Waals surface area contributed by atoms with Crippen molar-refractivity contribution in [1.29, 1.82) is 0 Å². The number of carbonyl (C=O) groups excluding carboxylic acids is 3. The smallest absolute Gasteiger partial charge is 0.262 e. The van der Waals surface area contributed by atoms with Gasteiger partial charge in [0.2, 0.25) is 5.91 Å². The number of hydrogen-bond acceptors (Lipinski definition) is 5. The van der Waals surface area contributed by atoms with Crippen LogP contribution in [0.5, 0.6) is 0 Å². The summed E-state index contributed by atoms with van der Waals surface area (Å²) in [5.74, 6) is -1.41. The summed E-state index contributed by atoms with van der Waals surface area (Å²) in [4.78, 5) is 49.3. The van der Waals surface area contributed by atoms with Gasteiger partial charge >= 0.3 is 0 Å². The fourth-order valence-electron chi connectivity index (χ4n) is 3.11.